The van der Waals surface area contributed by atoms with Crippen molar-refractivity contribution in [3.8, 4) is 22.8 Å². The lowest BCUT2D eigenvalue weighted by molar-refractivity contribution is 0.0168. The molecule has 4 aromatic rings. The molecule has 0 spiro atoms. The van der Waals surface area contributed by atoms with Gasteiger partial charge in [-0.1, -0.05) is 18.2 Å². The van der Waals surface area contributed by atoms with Crippen LogP contribution in [0.15, 0.2) is 60.9 Å². The number of piperidine rings is 1. The van der Waals surface area contributed by atoms with Gasteiger partial charge >= 0.3 is 6.03 Å². The van der Waals surface area contributed by atoms with Crippen LogP contribution in [0.5, 0.6) is 11.5 Å². The minimum absolute atomic E-state index is 0.120. The van der Waals surface area contributed by atoms with Crippen LogP contribution in [-0.4, -0.2) is 111 Å². The van der Waals surface area contributed by atoms with Crippen LogP contribution in [-0.2, 0) is 0 Å². The Balaban J connectivity index is 1.02. The highest BCUT2D eigenvalue weighted by Gasteiger charge is 2.38. The topological polar surface area (TPSA) is 109 Å². The number of piperazine rings is 1. The molecule has 3 aliphatic heterocycles. The number of likely N-dealkylation sites (tertiary alicyclic amines) is 2. The number of anilines is 1. The number of benzene rings is 2. The van der Waals surface area contributed by atoms with E-state index in [2.05, 4.69) is 26.8 Å². The molecule has 3 saturated heterocycles. The summed E-state index contributed by atoms with van der Waals surface area (Å²) < 4.78 is 7.96. The summed E-state index contributed by atoms with van der Waals surface area (Å²) in [6, 6.07) is 18.3. The average molecular weight is 568 g/mol. The highest BCUT2D eigenvalue weighted by molar-refractivity contribution is 5.98. The molecule has 42 heavy (non-hydrogen) atoms. The number of urea groups is 1. The van der Waals surface area contributed by atoms with Gasteiger partial charge in [0.15, 0.2) is 5.65 Å². The third-order valence-electron chi connectivity index (χ3n) is 8.89. The van der Waals surface area contributed by atoms with Gasteiger partial charge in [-0.25, -0.2) is 19.4 Å². The first kappa shape index (κ1) is 26.7. The van der Waals surface area contributed by atoms with Crippen molar-refractivity contribution in [2.75, 3.05) is 65.1 Å². The minimum atomic E-state index is 0.120. The molecular weight excluding hydrogens is 530 g/mol. The minimum Gasteiger partial charge on any atom is -0.457 e. The number of rotatable bonds is 5. The van der Waals surface area contributed by atoms with Gasteiger partial charge in [-0.3, -0.25) is 4.90 Å². The van der Waals surface area contributed by atoms with Crippen LogP contribution in [0.25, 0.3) is 22.3 Å². The van der Waals surface area contributed by atoms with Crippen molar-refractivity contribution in [1.29, 1.82) is 0 Å². The van der Waals surface area contributed by atoms with E-state index in [1.807, 2.05) is 69.1 Å². The Morgan fingerprint density at radius 3 is 2.24 bits per heavy atom. The molecule has 11 nitrogen and oxygen atoms in total. The van der Waals surface area contributed by atoms with Crippen molar-refractivity contribution in [2.45, 2.75) is 24.9 Å². The predicted molar refractivity (Wildman–Crippen MR) is 161 cm³/mol. The molecule has 7 rings (SSSR count). The van der Waals surface area contributed by atoms with Crippen molar-refractivity contribution in [1.82, 2.24) is 39.3 Å². The lowest BCUT2D eigenvalue weighted by Crippen LogP contribution is -2.66. The van der Waals surface area contributed by atoms with E-state index in [4.69, 9.17) is 15.6 Å². The number of nitrogen functional groups attached to an aromatic ring is 1. The Morgan fingerprint density at radius 2 is 1.52 bits per heavy atom. The van der Waals surface area contributed by atoms with Gasteiger partial charge in [0, 0.05) is 64.0 Å². The molecular formula is C31H37N9O2. The number of hydrogen-bond acceptors (Lipinski definition) is 8. The number of nitrogens with two attached hydrogens (primary N) is 1. The van der Waals surface area contributed by atoms with Gasteiger partial charge in [0.2, 0.25) is 0 Å². The normalized spacial score (nSPS) is 19.3. The Hall–Kier alpha value is -4.22. The van der Waals surface area contributed by atoms with Gasteiger partial charge in [0.25, 0.3) is 0 Å². The van der Waals surface area contributed by atoms with Gasteiger partial charge in [-0.15, -0.1) is 0 Å². The second-order valence-electron chi connectivity index (χ2n) is 11.6. The van der Waals surface area contributed by atoms with Crippen molar-refractivity contribution < 1.29 is 9.53 Å². The van der Waals surface area contributed by atoms with Gasteiger partial charge in [0.05, 0.1) is 11.4 Å². The van der Waals surface area contributed by atoms with Crippen LogP contribution in [0.2, 0.25) is 0 Å². The fraction of sp³-hybridized carbons (Fsp3) is 0.419. The summed E-state index contributed by atoms with van der Waals surface area (Å²) in [4.78, 5) is 31.0. The molecule has 5 heterocycles. The van der Waals surface area contributed by atoms with Crippen LogP contribution < -0.4 is 10.5 Å². The maximum absolute atomic E-state index is 13.2. The number of carbonyl (C=O) groups excluding carboxylic acids is 1. The molecule has 3 fully saturated rings. The number of hydrogen-bond donors (Lipinski definition) is 1. The van der Waals surface area contributed by atoms with Crippen LogP contribution in [0.3, 0.4) is 0 Å². The maximum atomic E-state index is 13.2. The molecule has 218 valence electrons. The number of amides is 2. The molecule has 0 bridgehead atoms. The van der Waals surface area contributed by atoms with Gasteiger partial charge in [-0.2, -0.15) is 5.10 Å². The summed E-state index contributed by atoms with van der Waals surface area (Å²) in [5, 5.41) is 5.78. The van der Waals surface area contributed by atoms with Crippen molar-refractivity contribution >= 4 is 22.9 Å². The third-order valence-corrected chi connectivity index (χ3v) is 8.89. The summed E-state index contributed by atoms with van der Waals surface area (Å²) in [6.07, 6.45) is 3.12. The van der Waals surface area contributed by atoms with E-state index < -0.39 is 0 Å². The van der Waals surface area contributed by atoms with Crippen molar-refractivity contribution in [3.63, 3.8) is 0 Å². The second-order valence-corrected chi connectivity index (χ2v) is 11.6. The summed E-state index contributed by atoms with van der Waals surface area (Å²) >= 11 is 0. The number of likely N-dealkylation sites (N-methyl/N-ethyl adjacent to an activating group) is 1. The van der Waals surface area contributed by atoms with Gasteiger partial charge in [-0.05, 0) is 56.3 Å². The van der Waals surface area contributed by atoms with Crippen LogP contribution in [0.4, 0.5) is 10.6 Å². The SMILES string of the molecule is CN1CCN(C2CN(C(=O)N3CCC(n4nc(-c5ccc(Oc6ccccc6)cc5)c5c(N)ncnc54)CC3)C2)CC1. The monoisotopic (exact) mass is 567 g/mol. The van der Waals surface area contributed by atoms with E-state index in [-0.39, 0.29) is 12.1 Å². The lowest BCUT2D eigenvalue weighted by Gasteiger charge is -2.49. The highest BCUT2D eigenvalue weighted by atomic mass is 16.5. The first-order valence-electron chi connectivity index (χ1n) is 14.8. The molecule has 2 amide bonds. The second kappa shape index (κ2) is 11.2. The predicted octanol–water partition coefficient (Wildman–Crippen LogP) is 3.56. The molecule has 11 heteroatoms. The molecule has 0 aliphatic carbocycles. The van der Waals surface area contributed by atoms with Crippen LogP contribution in [0, 0.1) is 0 Å². The number of para-hydroxylation sites is 1. The molecule has 0 atom stereocenters. The third kappa shape index (κ3) is 5.14. The van der Waals surface area contributed by atoms with E-state index in [1.165, 1.54) is 6.33 Å². The maximum Gasteiger partial charge on any atom is 0.320 e. The highest BCUT2D eigenvalue weighted by Crippen LogP contribution is 2.35. The number of carbonyl (C=O) groups is 1. The standard InChI is InChI=1S/C31H37N9O2/c1-36-15-17-37(18-16-36)24-19-39(20-24)31(41)38-13-11-23(12-14-38)40-30-27(29(32)33-21-34-30)28(35-40)22-7-9-26(10-8-22)42-25-5-3-2-4-6-25/h2-10,21,23-24H,11-20H2,1H3,(H2,32,33,34). The van der Waals surface area contributed by atoms with E-state index in [0.29, 0.717) is 24.9 Å². The average Bonchev–Trinajstić information content (AvgIpc) is 3.39. The van der Waals surface area contributed by atoms with E-state index in [9.17, 15) is 4.79 Å². The van der Waals surface area contributed by atoms with Gasteiger partial charge in [0.1, 0.15) is 29.3 Å². The molecule has 0 radical (unpaired) electrons. The molecule has 0 saturated carbocycles. The van der Waals surface area contributed by atoms with E-state index >= 15 is 0 Å². The zero-order valence-corrected chi connectivity index (χ0v) is 24.0. The first-order valence-corrected chi connectivity index (χ1v) is 14.8. The van der Waals surface area contributed by atoms with Crippen LogP contribution in [0.1, 0.15) is 18.9 Å². The Morgan fingerprint density at radius 1 is 0.833 bits per heavy atom. The Labute approximate surface area is 245 Å². The van der Waals surface area contributed by atoms with E-state index in [1.54, 1.807) is 0 Å². The Kier molecular flexibility index (Phi) is 7.12. The van der Waals surface area contributed by atoms with Crippen LogP contribution >= 0.6 is 0 Å². The zero-order chi connectivity index (χ0) is 28.6. The zero-order valence-electron chi connectivity index (χ0n) is 24.0. The number of ether oxygens (including phenoxy) is 1. The Bertz CT molecular complexity index is 1540. The summed E-state index contributed by atoms with van der Waals surface area (Å²) in [5.74, 6) is 1.93. The molecule has 0 unspecified atom stereocenters. The fourth-order valence-corrected chi connectivity index (χ4v) is 6.29. The number of aromatic nitrogens is 4. The molecule has 2 N–H and O–H groups in total. The number of fused-ring (bicyclic) bond motifs is 1. The molecule has 3 aliphatic rings. The summed E-state index contributed by atoms with van der Waals surface area (Å²) in [5.41, 5.74) is 8.76. The number of nitrogens with zero attached hydrogens (tertiary/aromatic N) is 8. The quantitative estimate of drug-likeness (QED) is 0.390. The van der Waals surface area contributed by atoms with E-state index in [0.717, 1.165) is 85.9 Å². The fourth-order valence-electron chi connectivity index (χ4n) is 6.29. The first-order chi connectivity index (χ1) is 20.5. The smallest absolute Gasteiger partial charge is 0.320 e. The lowest BCUT2D eigenvalue weighted by atomic mass is 10.0. The molecule has 2 aromatic carbocycles. The summed E-state index contributed by atoms with van der Waals surface area (Å²) in [6.45, 7) is 7.45. The van der Waals surface area contributed by atoms with Crippen molar-refractivity contribution in [2.24, 2.45) is 0 Å². The molecule has 2 aromatic heterocycles. The largest absolute Gasteiger partial charge is 0.457 e. The van der Waals surface area contributed by atoms with Gasteiger partial charge < -0.3 is 25.2 Å². The van der Waals surface area contributed by atoms with Crippen molar-refractivity contribution in [3.05, 3.63) is 60.9 Å². The summed E-state index contributed by atoms with van der Waals surface area (Å²) in [7, 11) is 2.17.